The smallest absolute Gasteiger partial charge is 0.378 e. The summed E-state index contributed by atoms with van der Waals surface area (Å²) >= 11 is 0. The molecule has 5 rings (SSSR count). The molecular weight excluding hydrogens is 505 g/mol. The molecule has 0 spiro atoms. The van der Waals surface area contributed by atoms with E-state index in [-0.39, 0.29) is 25.0 Å². The van der Waals surface area contributed by atoms with Gasteiger partial charge in [0.05, 0.1) is 16.7 Å². The highest BCUT2D eigenvalue weighted by atomic mass is 32.2. The van der Waals surface area contributed by atoms with Crippen LogP contribution in [0.25, 0.3) is 11.1 Å². The van der Waals surface area contributed by atoms with Crippen molar-refractivity contribution in [2.45, 2.75) is 49.0 Å². The van der Waals surface area contributed by atoms with Crippen LogP contribution in [0.1, 0.15) is 35.6 Å². The Kier molecular flexibility index (Phi) is 6.68. The summed E-state index contributed by atoms with van der Waals surface area (Å²) in [5, 5.41) is 15.2. The van der Waals surface area contributed by atoms with Gasteiger partial charge < -0.3 is 5.11 Å². The van der Waals surface area contributed by atoms with Crippen molar-refractivity contribution >= 4 is 10.0 Å². The van der Waals surface area contributed by atoms with Crippen molar-refractivity contribution in [2.75, 3.05) is 19.6 Å². The van der Waals surface area contributed by atoms with E-state index in [0.717, 1.165) is 38.8 Å². The summed E-state index contributed by atoms with van der Waals surface area (Å²) in [5.41, 5.74) is 2.68. The Labute approximate surface area is 214 Å². The Morgan fingerprint density at radius 3 is 2.35 bits per heavy atom. The lowest BCUT2D eigenvalue weighted by atomic mass is 9.79. The van der Waals surface area contributed by atoms with Crippen LogP contribution in [0, 0.1) is 6.92 Å². The highest BCUT2D eigenvalue weighted by Crippen LogP contribution is 2.43. The van der Waals surface area contributed by atoms with E-state index in [1.54, 1.807) is 10.9 Å². The SMILES string of the molecule is Cc1c(-c2ccc([C@@H]3[C@@H](O)N4CCCCN(S(=O)(=O)c5ccccc5C(F)(F)F)C[C@@H]34)cc2)cnn1C. The van der Waals surface area contributed by atoms with E-state index in [9.17, 15) is 26.7 Å². The summed E-state index contributed by atoms with van der Waals surface area (Å²) in [5.74, 6) is -0.363. The maximum absolute atomic E-state index is 13.6. The Bertz CT molecular complexity index is 1390. The molecule has 37 heavy (non-hydrogen) atoms. The third-order valence-corrected chi connectivity index (χ3v) is 9.54. The van der Waals surface area contributed by atoms with Crippen molar-refractivity contribution in [3.05, 3.63) is 71.5 Å². The minimum atomic E-state index is -4.79. The summed E-state index contributed by atoms with van der Waals surface area (Å²) in [6.45, 7) is 2.70. The number of aromatic nitrogens is 2. The monoisotopic (exact) mass is 534 g/mol. The number of sulfonamides is 1. The molecule has 2 aliphatic heterocycles. The third kappa shape index (κ3) is 4.58. The van der Waals surface area contributed by atoms with E-state index in [2.05, 4.69) is 5.10 Å². The maximum Gasteiger partial charge on any atom is 0.417 e. The minimum absolute atomic E-state index is 0.000281. The molecule has 1 N–H and O–H groups in total. The van der Waals surface area contributed by atoms with Crippen LogP contribution in [-0.2, 0) is 23.2 Å². The molecule has 7 nitrogen and oxygen atoms in total. The number of hydrogen-bond donors (Lipinski definition) is 1. The molecule has 2 saturated heterocycles. The molecule has 2 aromatic carbocycles. The molecule has 0 saturated carbocycles. The van der Waals surface area contributed by atoms with E-state index in [0.29, 0.717) is 19.4 Å². The lowest BCUT2D eigenvalue weighted by Gasteiger charge is -2.55. The van der Waals surface area contributed by atoms with Crippen molar-refractivity contribution < 1.29 is 26.7 Å². The number of benzene rings is 2. The topological polar surface area (TPSA) is 78.7 Å². The van der Waals surface area contributed by atoms with Gasteiger partial charge in [0.1, 0.15) is 6.23 Å². The molecule has 3 atom stereocenters. The second-order valence-corrected chi connectivity index (χ2v) is 11.6. The minimum Gasteiger partial charge on any atom is -0.378 e. The predicted octanol–water partition coefficient (Wildman–Crippen LogP) is 3.99. The van der Waals surface area contributed by atoms with Gasteiger partial charge in [-0.25, -0.2) is 8.42 Å². The maximum atomic E-state index is 13.6. The van der Waals surface area contributed by atoms with E-state index in [1.807, 2.05) is 43.1 Å². The normalized spacial score (nSPS) is 23.7. The van der Waals surface area contributed by atoms with Crippen molar-refractivity contribution in [3.63, 3.8) is 0 Å². The highest BCUT2D eigenvalue weighted by Gasteiger charge is 2.50. The van der Waals surface area contributed by atoms with E-state index in [4.69, 9.17) is 0 Å². The van der Waals surface area contributed by atoms with Gasteiger partial charge in [-0.15, -0.1) is 0 Å². The average Bonchev–Trinajstić information content (AvgIpc) is 3.18. The zero-order valence-electron chi connectivity index (χ0n) is 20.6. The third-order valence-electron chi connectivity index (χ3n) is 7.62. The zero-order valence-corrected chi connectivity index (χ0v) is 21.4. The first-order chi connectivity index (χ1) is 17.5. The lowest BCUT2D eigenvalue weighted by Crippen LogP contribution is -2.66. The number of nitrogens with zero attached hydrogens (tertiary/aromatic N) is 4. The Morgan fingerprint density at radius 2 is 1.70 bits per heavy atom. The number of alkyl halides is 3. The number of halogens is 3. The van der Waals surface area contributed by atoms with Gasteiger partial charge in [-0.3, -0.25) is 9.58 Å². The number of aryl methyl sites for hydroxylation is 1. The van der Waals surface area contributed by atoms with Crippen LogP contribution in [-0.4, -0.2) is 64.4 Å². The summed E-state index contributed by atoms with van der Waals surface area (Å²) in [6, 6.07) is 11.7. The van der Waals surface area contributed by atoms with Gasteiger partial charge in [-0.1, -0.05) is 36.4 Å². The molecule has 0 unspecified atom stereocenters. The largest absolute Gasteiger partial charge is 0.417 e. The summed E-state index contributed by atoms with van der Waals surface area (Å²) in [7, 11) is -2.54. The summed E-state index contributed by atoms with van der Waals surface area (Å²) < 4.78 is 70.8. The molecule has 0 radical (unpaired) electrons. The molecule has 2 fully saturated rings. The number of aliphatic hydroxyl groups is 1. The molecular formula is C26H29F3N4O3S. The van der Waals surface area contributed by atoms with Gasteiger partial charge in [-0.05, 0) is 43.0 Å². The Morgan fingerprint density at radius 1 is 1.03 bits per heavy atom. The van der Waals surface area contributed by atoms with Crippen molar-refractivity contribution in [3.8, 4) is 11.1 Å². The first-order valence-corrected chi connectivity index (χ1v) is 13.6. The van der Waals surface area contributed by atoms with Crippen molar-refractivity contribution in [1.82, 2.24) is 19.0 Å². The second-order valence-electron chi connectivity index (χ2n) is 9.70. The number of hydrogen-bond acceptors (Lipinski definition) is 5. The lowest BCUT2D eigenvalue weighted by molar-refractivity contribution is -0.148. The molecule has 0 bridgehead atoms. The first-order valence-electron chi connectivity index (χ1n) is 12.2. The molecule has 11 heteroatoms. The standard InChI is InChI=1S/C26H29F3N4O3S/c1-17-20(15-30-31(17)2)18-9-11-19(12-10-18)24-22-16-32(13-5-6-14-33(22)25(24)34)37(35,36)23-8-4-3-7-21(23)26(27,28)29/h3-4,7-12,15,22,24-25,34H,5-6,13-14,16H2,1-2H3/t22-,24-,25+/m0/s1. The zero-order chi connectivity index (χ0) is 26.5. The van der Waals surface area contributed by atoms with Gasteiger partial charge in [0, 0.05) is 49.9 Å². The van der Waals surface area contributed by atoms with Crippen LogP contribution in [0.5, 0.6) is 0 Å². The fraction of sp³-hybridized carbons (Fsp3) is 0.423. The van der Waals surface area contributed by atoms with Gasteiger partial charge >= 0.3 is 6.18 Å². The fourth-order valence-electron chi connectivity index (χ4n) is 5.45. The Hall–Kier alpha value is -2.73. The molecule has 198 valence electrons. The van der Waals surface area contributed by atoms with E-state index < -0.39 is 32.9 Å². The van der Waals surface area contributed by atoms with E-state index >= 15 is 0 Å². The van der Waals surface area contributed by atoms with E-state index in [1.165, 1.54) is 12.1 Å². The van der Waals surface area contributed by atoms with Gasteiger partial charge in [0.25, 0.3) is 0 Å². The van der Waals surface area contributed by atoms with Crippen LogP contribution in [0.2, 0.25) is 0 Å². The second kappa shape index (κ2) is 9.54. The van der Waals surface area contributed by atoms with Crippen LogP contribution >= 0.6 is 0 Å². The first kappa shape index (κ1) is 25.9. The average molecular weight is 535 g/mol. The highest BCUT2D eigenvalue weighted by molar-refractivity contribution is 7.89. The molecule has 1 aromatic heterocycles. The summed E-state index contributed by atoms with van der Waals surface area (Å²) in [4.78, 5) is 1.11. The van der Waals surface area contributed by atoms with Crippen molar-refractivity contribution in [2.24, 2.45) is 7.05 Å². The quantitative estimate of drug-likeness (QED) is 0.548. The molecule has 3 aromatic rings. The summed E-state index contributed by atoms with van der Waals surface area (Å²) in [6.07, 6.45) is -2.66. The van der Waals surface area contributed by atoms with Gasteiger partial charge in [0.2, 0.25) is 10.0 Å². The molecule has 2 aliphatic rings. The van der Waals surface area contributed by atoms with Crippen LogP contribution in [0.3, 0.4) is 0 Å². The number of rotatable bonds is 4. The molecule has 0 amide bonds. The number of fused-ring (bicyclic) bond motifs is 1. The van der Waals surface area contributed by atoms with Gasteiger partial charge in [-0.2, -0.15) is 22.6 Å². The number of aliphatic hydroxyl groups excluding tert-OH is 1. The fourth-order valence-corrected chi connectivity index (χ4v) is 7.16. The molecule has 3 heterocycles. The van der Waals surface area contributed by atoms with Crippen molar-refractivity contribution in [1.29, 1.82) is 0 Å². The predicted molar refractivity (Wildman–Crippen MR) is 132 cm³/mol. The van der Waals surface area contributed by atoms with Gasteiger partial charge in [0.15, 0.2) is 0 Å². The van der Waals surface area contributed by atoms with Crippen LogP contribution in [0.4, 0.5) is 13.2 Å². The van der Waals surface area contributed by atoms with Crippen LogP contribution < -0.4 is 0 Å². The molecule has 0 aliphatic carbocycles. The Balaban J connectivity index is 1.44. The van der Waals surface area contributed by atoms with Crippen LogP contribution in [0.15, 0.2) is 59.6 Å².